The van der Waals surface area contributed by atoms with E-state index >= 15 is 0 Å². The Morgan fingerprint density at radius 1 is 1.40 bits per heavy atom. The molecule has 0 fully saturated rings. The Labute approximate surface area is 104 Å². The molecule has 4 heteroatoms. The predicted octanol–water partition coefficient (Wildman–Crippen LogP) is 2.95. The van der Waals surface area contributed by atoms with Crippen LogP contribution in [0.2, 0.25) is 0 Å². The minimum atomic E-state index is 0.286. The highest BCUT2D eigenvalue weighted by Crippen LogP contribution is 2.24. The maximum absolute atomic E-state index is 5.36. The number of thioether (sulfide) groups is 1. The molecule has 0 rings (SSSR count). The monoisotopic (exact) mass is 251 g/mol. The molecule has 0 aromatic carbocycles. The van der Waals surface area contributed by atoms with E-state index in [1.807, 2.05) is 16.8 Å². The number of thiol groups is 1. The summed E-state index contributed by atoms with van der Waals surface area (Å²) in [7, 11) is 1.75. The second-order valence-corrected chi connectivity index (χ2v) is 6.34. The minimum absolute atomic E-state index is 0.286. The molecule has 0 atom stereocenters. The highest BCUT2D eigenvalue weighted by Gasteiger charge is 2.23. The average Bonchev–Trinajstić information content (AvgIpc) is 2.14. The van der Waals surface area contributed by atoms with E-state index in [9.17, 15) is 0 Å². The van der Waals surface area contributed by atoms with Gasteiger partial charge in [-0.05, 0) is 30.8 Å². The molecule has 92 valence electrons. The Morgan fingerprint density at radius 3 is 2.40 bits per heavy atom. The fourth-order valence-corrected chi connectivity index (χ4v) is 2.64. The van der Waals surface area contributed by atoms with Gasteiger partial charge in [-0.2, -0.15) is 29.5 Å². The van der Waals surface area contributed by atoms with Crippen molar-refractivity contribution < 1.29 is 4.84 Å². The lowest BCUT2D eigenvalue weighted by atomic mass is 9.96. The van der Waals surface area contributed by atoms with E-state index in [-0.39, 0.29) is 5.41 Å². The van der Waals surface area contributed by atoms with Crippen molar-refractivity contribution in [1.29, 1.82) is 0 Å². The van der Waals surface area contributed by atoms with Crippen molar-refractivity contribution in [2.24, 2.45) is 5.41 Å². The highest BCUT2D eigenvalue weighted by molar-refractivity contribution is 8.00. The smallest absolute Gasteiger partial charge is 0.0575 e. The third-order valence-electron chi connectivity index (χ3n) is 2.12. The summed E-state index contributed by atoms with van der Waals surface area (Å²) in [6.07, 6.45) is 0. The topological polar surface area (TPSA) is 12.5 Å². The number of hydrogen-bond acceptors (Lipinski definition) is 4. The zero-order valence-electron chi connectivity index (χ0n) is 10.6. The molecule has 0 aliphatic carbocycles. The summed E-state index contributed by atoms with van der Waals surface area (Å²) in [5.41, 5.74) is 0.286. The molecular weight excluding hydrogens is 226 g/mol. The van der Waals surface area contributed by atoms with Crippen molar-refractivity contribution in [2.45, 2.75) is 33.7 Å². The zero-order chi connectivity index (χ0) is 11.9. The van der Waals surface area contributed by atoms with Crippen LogP contribution < -0.4 is 0 Å². The molecule has 0 amide bonds. The summed E-state index contributed by atoms with van der Waals surface area (Å²) in [6, 6.07) is 0.434. The van der Waals surface area contributed by atoms with E-state index in [4.69, 9.17) is 4.84 Å². The van der Waals surface area contributed by atoms with Crippen LogP contribution >= 0.6 is 24.4 Å². The van der Waals surface area contributed by atoms with Crippen molar-refractivity contribution in [3.8, 4) is 0 Å². The highest BCUT2D eigenvalue weighted by atomic mass is 32.2. The van der Waals surface area contributed by atoms with Gasteiger partial charge in [-0.3, -0.25) is 0 Å². The van der Waals surface area contributed by atoms with Crippen LogP contribution in [0.15, 0.2) is 0 Å². The van der Waals surface area contributed by atoms with Crippen molar-refractivity contribution >= 4 is 24.4 Å². The summed E-state index contributed by atoms with van der Waals surface area (Å²) in [5, 5.41) is 2.04. The summed E-state index contributed by atoms with van der Waals surface area (Å²) >= 11 is 6.18. The van der Waals surface area contributed by atoms with Gasteiger partial charge in [0.1, 0.15) is 0 Å². The molecule has 0 bridgehead atoms. The van der Waals surface area contributed by atoms with Crippen LogP contribution in [0.4, 0.5) is 0 Å². The Morgan fingerprint density at radius 2 is 2.00 bits per heavy atom. The SMILES string of the molecule is CON(CC(C)(C)CSCCS)C(C)C. The summed E-state index contributed by atoms with van der Waals surface area (Å²) in [4.78, 5) is 5.36. The first-order valence-corrected chi connectivity index (χ1v) is 7.21. The van der Waals surface area contributed by atoms with Crippen molar-refractivity contribution in [3.05, 3.63) is 0 Å². The first kappa shape index (κ1) is 15.6. The van der Waals surface area contributed by atoms with Crippen LogP contribution in [-0.4, -0.2) is 42.0 Å². The lowest BCUT2D eigenvalue weighted by Gasteiger charge is -2.33. The van der Waals surface area contributed by atoms with E-state index in [1.165, 1.54) is 0 Å². The molecule has 0 saturated carbocycles. The molecule has 0 saturated heterocycles. The molecule has 2 nitrogen and oxygen atoms in total. The fourth-order valence-electron chi connectivity index (χ4n) is 1.34. The van der Waals surface area contributed by atoms with E-state index in [0.29, 0.717) is 6.04 Å². The quantitative estimate of drug-likeness (QED) is 0.405. The average molecular weight is 251 g/mol. The van der Waals surface area contributed by atoms with E-state index in [0.717, 1.165) is 23.8 Å². The van der Waals surface area contributed by atoms with Crippen molar-refractivity contribution in [3.63, 3.8) is 0 Å². The number of hydrogen-bond donors (Lipinski definition) is 1. The summed E-state index contributed by atoms with van der Waals surface area (Å²) < 4.78 is 0. The fraction of sp³-hybridized carbons (Fsp3) is 1.00. The van der Waals surface area contributed by atoms with Gasteiger partial charge in [-0.15, -0.1) is 0 Å². The number of nitrogens with zero attached hydrogens (tertiary/aromatic N) is 1. The Hall–Kier alpha value is 0.620. The maximum Gasteiger partial charge on any atom is 0.0575 e. The van der Waals surface area contributed by atoms with Gasteiger partial charge in [0, 0.05) is 18.3 Å². The molecule has 0 aliphatic rings. The van der Waals surface area contributed by atoms with Gasteiger partial charge < -0.3 is 4.84 Å². The predicted molar refractivity (Wildman–Crippen MR) is 73.8 cm³/mol. The van der Waals surface area contributed by atoms with Crippen LogP contribution in [0.3, 0.4) is 0 Å². The number of rotatable bonds is 8. The van der Waals surface area contributed by atoms with Gasteiger partial charge in [-0.1, -0.05) is 13.8 Å². The molecule has 0 aliphatic heterocycles. The van der Waals surface area contributed by atoms with Crippen molar-refractivity contribution in [2.75, 3.05) is 30.9 Å². The second-order valence-electron chi connectivity index (χ2n) is 4.79. The van der Waals surface area contributed by atoms with Crippen LogP contribution in [0.5, 0.6) is 0 Å². The summed E-state index contributed by atoms with van der Waals surface area (Å²) in [5.74, 6) is 3.24. The van der Waals surface area contributed by atoms with Crippen LogP contribution in [-0.2, 0) is 4.84 Å². The molecule has 15 heavy (non-hydrogen) atoms. The van der Waals surface area contributed by atoms with Crippen LogP contribution in [0.1, 0.15) is 27.7 Å². The van der Waals surface area contributed by atoms with Gasteiger partial charge in [0.15, 0.2) is 0 Å². The molecule has 0 N–H and O–H groups in total. The van der Waals surface area contributed by atoms with Gasteiger partial charge in [-0.25, -0.2) is 0 Å². The molecule has 0 heterocycles. The van der Waals surface area contributed by atoms with Gasteiger partial charge in [0.25, 0.3) is 0 Å². The standard InChI is InChI=1S/C11H25NOS2/c1-10(2)12(13-5)8-11(3,4)9-15-7-6-14/h10,14H,6-9H2,1-5H3. The second kappa shape index (κ2) is 7.82. The van der Waals surface area contributed by atoms with E-state index in [2.05, 4.69) is 40.3 Å². The molecule has 0 unspecified atom stereocenters. The van der Waals surface area contributed by atoms with Crippen molar-refractivity contribution in [1.82, 2.24) is 5.06 Å². The molecule has 0 radical (unpaired) electrons. The lowest BCUT2D eigenvalue weighted by Crippen LogP contribution is -2.39. The number of hydroxylamine groups is 2. The summed E-state index contributed by atoms with van der Waals surface area (Å²) in [6.45, 7) is 9.85. The molecule has 0 spiro atoms. The van der Waals surface area contributed by atoms with Gasteiger partial charge in [0.05, 0.1) is 7.11 Å². The lowest BCUT2D eigenvalue weighted by molar-refractivity contribution is -0.167. The van der Waals surface area contributed by atoms with Crippen LogP contribution in [0.25, 0.3) is 0 Å². The Balaban J connectivity index is 3.98. The third-order valence-corrected chi connectivity index (χ3v) is 4.13. The van der Waals surface area contributed by atoms with E-state index in [1.54, 1.807) is 7.11 Å². The molecular formula is C11H25NOS2. The molecule has 0 aromatic heterocycles. The molecule has 0 aromatic rings. The zero-order valence-corrected chi connectivity index (χ0v) is 12.3. The third kappa shape index (κ3) is 7.50. The first-order chi connectivity index (χ1) is 6.93. The normalized spacial score (nSPS) is 12.8. The Kier molecular flexibility index (Phi) is 8.15. The van der Waals surface area contributed by atoms with Gasteiger partial charge >= 0.3 is 0 Å². The largest absolute Gasteiger partial charge is 0.302 e. The van der Waals surface area contributed by atoms with Gasteiger partial charge in [0.2, 0.25) is 0 Å². The minimum Gasteiger partial charge on any atom is -0.302 e. The van der Waals surface area contributed by atoms with E-state index < -0.39 is 0 Å². The van der Waals surface area contributed by atoms with Crippen LogP contribution in [0, 0.1) is 5.41 Å². The maximum atomic E-state index is 5.36. The Bertz CT molecular complexity index is 163. The first-order valence-electron chi connectivity index (χ1n) is 5.42.